The summed E-state index contributed by atoms with van der Waals surface area (Å²) in [6.07, 6.45) is 3.56. The second kappa shape index (κ2) is 4.08. The molecular formula is C10H11N3O2. The SMILES string of the molecule is O=CNc1ncccc1N1CCCC1=O. The normalized spacial score (nSPS) is 15.5. The number of hydrogen-bond acceptors (Lipinski definition) is 3. The van der Waals surface area contributed by atoms with Gasteiger partial charge in [-0.15, -0.1) is 0 Å². The van der Waals surface area contributed by atoms with Crippen molar-refractivity contribution in [1.29, 1.82) is 0 Å². The first-order valence-corrected chi connectivity index (χ1v) is 4.78. The summed E-state index contributed by atoms with van der Waals surface area (Å²) in [6.45, 7) is 0.693. The average Bonchev–Trinajstić information content (AvgIpc) is 2.66. The van der Waals surface area contributed by atoms with E-state index in [1.807, 2.05) is 0 Å². The number of nitrogens with one attached hydrogen (secondary N) is 1. The number of hydrogen-bond donors (Lipinski definition) is 1. The highest BCUT2D eigenvalue weighted by Gasteiger charge is 2.23. The lowest BCUT2D eigenvalue weighted by atomic mass is 10.3. The molecule has 1 aromatic heterocycles. The van der Waals surface area contributed by atoms with Gasteiger partial charge in [0.2, 0.25) is 12.3 Å². The molecule has 0 atom stereocenters. The number of nitrogens with zero attached hydrogens (tertiary/aromatic N) is 2. The number of carbonyl (C=O) groups excluding carboxylic acids is 2. The zero-order valence-electron chi connectivity index (χ0n) is 8.14. The quantitative estimate of drug-likeness (QED) is 0.741. The lowest BCUT2D eigenvalue weighted by Crippen LogP contribution is -2.25. The van der Waals surface area contributed by atoms with Crippen LogP contribution in [0, 0.1) is 0 Å². The number of aromatic nitrogens is 1. The summed E-state index contributed by atoms with van der Waals surface area (Å²) in [6, 6.07) is 3.53. The molecule has 2 rings (SSSR count). The van der Waals surface area contributed by atoms with E-state index in [-0.39, 0.29) is 5.91 Å². The van der Waals surface area contributed by atoms with Gasteiger partial charge in [-0.05, 0) is 18.6 Å². The molecule has 0 aliphatic carbocycles. The molecule has 0 unspecified atom stereocenters. The molecule has 1 aliphatic heterocycles. The second-order valence-electron chi connectivity index (χ2n) is 3.28. The Morgan fingerprint density at radius 1 is 1.53 bits per heavy atom. The van der Waals surface area contributed by atoms with Crippen LogP contribution in [-0.2, 0) is 9.59 Å². The molecule has 2 amide bonds. The zero-order valence-corrected chi connectivity index (χ0v) is 8.14. The number of anilines is 2. The largest absolute Gasteiger partial charge is 0.312 e. The van der Waals surface area contributed by atoms with E-state index in [2.05, 4.69) is 10.3 Å². The summed E-state index contributed by atoms with van der Waals surface area (Å²) in [5, 5.41) is 2.49. The lowest BCUT2D eigenvalue weighted by molar-refractivity contribution is -0.117. The van der Waals surface area contributed by atoms with Crippen LogP contribution in [0.5, 0.6) is 0 Å². The van der Waals surface area contributed by atoms with Crippen molar-refractivity contribution in [2.24, 2.45) is 0 Å². The van der Waals surface area contributed by atoms with Gasteiger partial charge in [0, 0.05) is 19.2 Å². The van der Waals surface area contributed by atoms with Crippen LogP contribution in [0.25, 0.3) is 0 Å². The third-order valence-corrected chi connectivity index (χ3v) is 2.35. The molecule has 15 heavy (non-hydrogen) atoms. The van der Waals surface area contributed by atoms with Crippen molar-refractivity contribution in [1.82, 2.24) is 4.98 Å². The van der Waals surface area contributed by atoms with Gasteiger partial charge in [0.1, 0.15) is 0 Å². The monoisotopic (exact) mass is 205 g/mol. The van der Waals surface area contributed by atoms with Gasteiger partial charge in [-0.2, -0.15) is 0 Å². The van der Waals surface area contributed by atoms with Crippen LogP contribution in [0.4, 0.5) is 11.5 Å². The van der Waals surface area contributed by atoms with Crippen LogP contribution in [-0.4, -0.2) is 23.8 Å². The van der Waals surface area contributed by atoms with Gasteiger partial charge in [-0.25, -0.2) is 4.98 Å². The van der Waals surface area contributed by atoms with Crippen LogP contribution in [0.2, 0.25) is 0 Å². The first kappa shape index (κ1) is 9.64. The predicted octanol–water partition coefficient (Wildman–Crippen LogP) is 0.777. The maximum absolute atomic E-state index is 11.5. The van der Waals surface area contributed by atoms with Crippen molar-refractivity contribution in [2.75, 3.05) is 16.8 Å². The topological polar surface area (TPSA) is 62.3 Å². The Kier molecular flexibility index (Phi) is 2.62. The van der Waals surface area contributed by atoms with Crippen molar-refractivity contribution in [2.45, 2.75) is 12.8 Å². The minimum Gasteiger partial charge on any atom is -0.312 e. The summed E-state index contributed by atoms with van der Waals surface area (Å²) >= 11 is 0. The molecule has 1 aliphatic rings. The summed E-state index contributed by atoms with van der Waals surface area (Å²) in [7, 11) is 0. The highest BCUT2D eigenvalue weighted by molar-refractivity contribution is 5.98. The van der Waals surface area contributed by atoms with Crippen molar-refractivity contribution in [3.8, 4) is 0 Å². The van der Waals surface area contributed by atoms with Crippen LogP contribution in [0.1, 0.15) is 12.8 Å². The summed E-state index contributed by atoms with van der Waals surface area (Å²) in [5.74, 6) is 0.514. The van der Waals surface area contributed by atoms with Crippen molar-refractivity contribution in [3.05, 3.63) is 18.3 Å². The van der Waals surface area contributed by atoms with Crippen molar-refractivity contribution < 1.29 is 9.59 Å². The smallest absolute Gasteiger partial charge is 0.227 e. The molecule has 5 heteroatoms. The average molecular weight is 205 g/mol. The highest BCUT2D eigenvalue weighted by atomic mass is 16.2. The third kappa shape index (κ3) is 1.81. The standard InChI is InChI=1S/C10H11N3O2/c14-7-12-10-8(3-1-5-11-10)13-6-2-4-9(13)15/h1,3,5,7H,2,4,6H2,(H,11,12,14). The predicted molar refractivity (Wildman–Crippen MR) is 55.5 cm³/mol. The zero-order chi connectivity index (χ0) is 10.7. The van der Waals surface area contributed by atoms with E-state index in [0.717, 1.165) is 6.42 Å². The van der Waals surface area contributed by atoms with Gasteiger partial charge >= 0.3 is 0 Å². The summed E-state index contributed by atoms with van der Waals surface area (Å²) < 4.78 is 0. The molecule has 1 N–H and O–H groups in total. The fourth-order valence-electron chi connectivity index (χ4n) is 1.68. The molecule has 0 bridgehead atoms. The number of rotatable bonds is 3. The Balaban J connectivity index is 2.33. The van der Waals surface area contributed by atoms with Crippen LogP contribution in [0.3, 0.4) is 0 Å². The number of carbonyl (C=O) groups is 2. The highest BCUT2D eigenvalue weighted by Crippen LogP contribution is 2.26. The van der Waals surface area contributed by atoms with E-state index in [0.29, 0.717) is 30.9 Å². The van der Waals surface area contributed by atoms with E-state index in [4.69, 9.17) is 0 Å². The molecule has 0 saturated carbocycles. The van der Waals surface area contributed by atoms with Crippen LogP contribution < -0.4 is 10.2 Å². The Morgan fingerprint density at radius 3 is 3.07 bits per heavy atom. The van der Waals surface area contributed by atoms with Crippen LogP contribution >= 0.6 is 0 Å². The summed E-state index contributed by atoms with van der Waals surface area (Å²) in [5.41, 5.74) is 0.673. The molecular weight excluding hydrogens is 194 g/mol. The molecule has 0 radical (unpaired) electrons. The Bertz CT molecular complexity index is 392. The Labute approximate surface area is 87.1 Å². The third-order valence-electron chi connectivity index (χ3n) is 2.35. The Hall–Kier alpha value is -1.91. The maximum atomic E-state index is 11.5. The van der Waals surface area contributed by atoms with Gasteiger partial charge in [-0.1, -0.05) is 0 Å². The summed E-state index contributed by atoms with van der Waals surface area (Å²) in [4.78, 5) is 27.5. The van der Waals surface area contributed by atoms with Gasteiger partial charge in [-0.3, -0.25) is 9.59 Å². The molecule has 5 nitrogen and oxygen atoms in total. The van der Waals surface area contributed by atoms with E-state index >= 15 is 0 Å². The molecule has 1 fully saturated rings. The van der Waals surface area contributed by atoms with Gasteiger partial charge in [0.05, 0.1) is 5.69 Å². The van der Waals surface area contributed by atoms with Crippen molar-refractivity contribution in [3.63, 3.8) is 0 Å². The van der Waals surface area contributed by atoms with Crippen molar-refractivity contribution >= 4 is 23.8 Å². The number of pyridine rings is 1. The second-order valence-corrected chi connectivity index (χ2v) is 3.28. The van der Waals surface area contributed by atoms with E-state index < -0.39 is 0 Å². The molecule has 78 valence electrons. The van der Waals surface area contributed by atoms with E-state index in [9.17, 15) is 9.59 Å². The fourth-order valence-corrected chi connectivity index (χ4v) is 1.68. The first-order chi connectivity index (χ1) is 7.33. The first-order valence-electron chi connectivity index (χ1n) is 4.78. The minimum atomic E-state index is 0.0805. The molecule has 1 aromatic rings. The van der Waals surface area contributed by atoms with Crippen LogP contribution in [0.15, 0.2) is 18.3 Å². The fraction of sp³-hybridized carbons (Fsp3) is 0.300. The van der Waals surface area contributed by atoms with E-state index in [1.54, 1.807) is 23.2 Å². The van der Waals surface area contributed by atoms with Gasteiger partial charge < -0.3 is 10.2 Å². The molecule has 0 aromatic carbocycles. The van der Waals surface area contributed by atoms with E-state index in [1.165, 1.54) is 0 Å². The minimum absolute atomic E-state index is 0.0805. The maximum Gasteiger partial charge on any atom is 0.227 e. The molecule has 1 saturated heterocycles. The molecule has 0 spiro atoms. The van der Waals surface area contributed by atoms with Gasteiger partial charge in [0.15, 0.2) is 5.82 Å². The number of amides is 2. The van der Waals surface area contributed by atoms with Gasteiger partial charge in [0.25, 0.3) is 0 Å². The molecule has 2 heterocycles. The Morgan fingerprint density at radius 2 is 2.40 bits per heavy atom. The lowest BCUT2D eigenvalue weighted by Gasteiger charge is -2.17.